The summed E-state index contributed by atoms with van der Waals surface area (Å²) in [7, 11) is 2.08. The lowest BCUT2D eigenvalue weighted by atomic mass is 10.0. The fourth-order valence-corrected chi connectivity index (χ4v) is 3.85. The van der Waals surface area contributed by atoms with E-state index in [1.165, 1.54) is 11.1 Å². The molecule has 2 aromatic carbocycles. The molecule has 1 amide bonds. The van der Waals surface area contributed by atoms with E-state index in [1.54, 1.807) is 12.4 Å². The Labute approximate surface area is 213 Å². The zero-order valence-corrected chi connectivity index (χ0v) is 20.6. The Morgan fingerprint density at radius 1 is 1.05 bits per heavy atom. The van der Waals surface area contributed by atoms with Crippen LogP contribution >= 0.6 is 0 Å². The normalized spacial score (nSPS) is 15.4. The molecular weight excluding hydrogens is 485 g/mol. The first-order valence-electron chi connectivity index (χ1n) is 11.6. The summed E-state index contributed by atoms with van der Waals surface area (Å²) in [5.74, 6) is -2.67. The van der Waals surface area contributed by atoms with Gasteiger partial charge >= 0.3 is 12.1 Å². The summed E-state index contributed by atoms with van der Waals surface area (Å²) in [5, 5.41) is 10.6. The van der Waals surface area contributed by atoms with Gasteiger partial charge in [-0.3, -0.25) is 9.78 Å². The fraction of sp³-hybridized carbons (Fsp3) is 0.296. The number of nitrogens with one attached hydrogen (secondary N) is 1. The van der Waals surface area contributed by atoms with E-state index in [-0.39, 0.29) is 11.9 Å². The number of amides is 1. The summed E-state index contributed by atoms with van der Waals surface area (Å²) in [6.07, 6.45) is -1.49. The minimum absolute atomic E-state index is 0.0864. The number of pyridine rings is 1. The van der Waals surface area contributed by atoms with Crippen molar-refractivity contribution in [2.75, 3.05) is 31.6 Å². The van der Waals surface area contributed by atoms with Crippen molar-refractivity contribution in [3.63, 3.8) is 0 Å². The second-order valence-corrected chi connectivity index (χ2v) is 8.73. The zero-order valence-electron chi connectivity index (χ0n) is 20.6. The topological polar surface area (TPSA) is 85.8 Å². The number of hydrogen-bond donors (Lipinski definition) is 2. The van der Waals surface area contributed by atoms with Gasteiger partial charge in [0.05, 0.1) is 6.04 Å². The number of rotatable bonds is 5. The Kier molecular flexibility index (Phi) is 9.24. The molecule has 0 spiro atoms. The van der Waals surface area contributed by atoms with Gasteiger partial charge in [0.2, 0.25) is 0 Å². The second kappa shape index (κ2) is 12.4. The minimum Gasteiger partial charge on any atom is -0.475 e. The molecule has 0 saturated carbocycles. The molecule has 1 saturated heterocycles. The largest absolute Gasteiger partial charge is 0.490 e. The Bertz CT molecular complexity index is 1170. The average Bonchev–Trinajstić information content (AvgIpc) is 2.90. The van der Waals surface area contributed by atoms with Gasteiger partial charge < -0.3 is 20.2 Å². The molecule has 10 heteroatoms. The molecule has 1 aliphatic rings. The number of carbonyl (C=O) groups is 2. The lowest BCUT2D eigenvalue weighted by Crippen LogP contribution is -2.48. The number of aromatic nitrogens is 1. The van der Waals surface area contributed by atoms with E-state index in [0.29, 0.717) is 6.54 Å². The number of carboxylic acid groups (broad SMARTS) is 1. The Balaban J connectivity index is 0.000000479. The van der Waals surface area contributed by atoms with Gasteiger partial charge in [-0.05, 0) is 54.4 Å². The van der Waals surface area contributed by atoms with Crippen LogP contribution in [-0.4, -0.2) is 59.7 Å². The van der Waals surface area contributed by atoms with E-state index in [4.69, 9.17) is 9.90 Å². The van der Waals surface area contributed by atoms with Crippen LogP contribution in [0, 0.1) is 6.92 Å². The van der Waals surface area contributed by atoms with Crippen molar-refractivity contribution < 1.29 is 27.9 Å². The number of piperazine rings is 1. The van der Waals surface area contributed by atoms with Crippen LogP contribution < -0.4 is 10.2 Å². The monoisotopic (exact) mass is 514 g/mol. The van der Waals surface area contributed by atoms with Crippen LogP contribution in [0.5, 0.6) is 0 Å². The Morgan fingerprint density at radius 2 is 1.65 bits per heavy atom. The molecule has 7 nitrogen and oxygen atoms in total. The number of hydrogen-bond acceptors (Lipinski definition) is 5. The van der Waals surface area contributed by atoms with Gasteiger partial charge in [-0.2, -0.15) is 13.2 Å². The van der Waals surface area contributed by atoms with Gasteiger partial charge in [0.15, 0.2) is 0 Å². The van der Waals surface area contributed by atoms with Gasteiger partial charge in [0.1, 0.15) is 0 Å². The molecule has 2 heterocycles. The summed E-state index contributed by atoms with van der Waals surface area (Å²) < 4.78 is 31.7. The first-order valence-corrected chi connectivity index (χ1v) is 11.6. The van der Waals surface area contributed by atoms with Gasteiger partial charge in [-0.1, -0.05) is 29.8 Å². The third-order valence-corrected chi connectivity index (χ3v) is 5.91. The molecule has 3 aromatic rings. The number of nitrogens with zero attached hydrogens (tertiary/aromatic N) is 3. The first-order chi connectivity index (χ1) is 17.5. The average molecular weight is 515 g/mol. The molecule has 4 rings (SSSR count). The summed E-state index contributed by atoms with van der Waals surface area (Å²) >= 11 is 0. The quantitative estimate of drug-likeness (QED) is 0.524. The maximum atomic E-state index is 13.1. The van der Waals surface area contributed by atoms with Gasteiger partial charge in [-0.25, -0.2) is 4.79 Å². The van der Waals surface area contributed by atoms with E-state index in [2.05, 4.69) is 53.4 Å². The molecule has 196 valence electrons. The maximum absolute atomic E-state index is 13.1. The number of benzene rings is 2. The van der Waals surface area contributed by atoms with Crippen LogP contribution in [0.25, 0.3) is 0 Å². The summed E-state index contributed by atoms with van der Waals surface area (Å²) in [6, 6.07) is 20.7. The van der Waals surface area contributed by atoms with Crippen LogP contribution in [-0.2, 0) is 11.3 Å². The Morgan fingerprint density at radius 3 is 2.22 bits per heavy atom. The lowest BCUT2D eigenvalue weighted by molar-refractivity contribution is -0.192. The van der Waals surface area contributed by atoms with Gasteiger partial charge in [0, 0.05) is 56.9 Å². The first kappa shape index (κ1) is 27.7. The van der Waals surface area contributed by atoms with Crippen molar-refractivity contribution in [1.29, 1.82) is 0 Å². The number of anilines is 1. The highest BCUT2D eigenvalue weighted by atomic mass is 19.4. The molecular formula is C27H29F3N4O3. The van der Waals surface area contributed by atoms with E-state index in [9.17, 15) is 18.0 Å². The SMILES string of the molecule is Cc1ccc(CN(C)c2ccc(C(=O)N3CCNC(c4ccncc4)C3)cc2)cc1.O=C(O)C(F)(F)F. The van der Waals surface area contributed by atoms with Crippen molar-refractivity contribution >= 4 is 17.6 Å². The molecule has 2 N–H and O–H groups in total. The molecule has 1 unspecified atom stereocenters. The molecule has 1 aliphatic heterocycles. The number of halogens is 3. The number of aryl methyl sites for hydroxylation is 1. The molecule has 37 heavy (non-hydrogen) atoms. The molecule has 1 fully saturated rings. The van der Waals surface area contributed by atoms with Crippen LogP contribution in [0.4, 0.5) is 18.9 Å². The van der Waals surface area contributed by atoms with E-state index >= 15 is 0 Å². The smallest absolute Gasteiger partial charge is 0.475 e. The van der Waals surface area contributed by atoms with Crippen molar-refractivity contribution in [2.45, 2.75) is 25.7 Å². The summed E-state index contributed by atoms with van der Waals surface area (Å²) in [6.45, 7) is 5.10. The van der Waals surface area contributed by atoms with Crippen molar-refractivity contribution in [3.8, 4) is 0 Å². The Hall–Kier alpha value is -3.92. The van der Waals surface area contributed by atoms with E-state index in [1.807, 2.05) is 41.3 Å². The molecule has 0 bridgehead atoms. The maximum Gasteiger partial charge on any atom is 0.490 e. The fourth-order valence-electron chi connectivity index (χ4n) is 3.85. The predicted octanol–water partition coefficient (Wildman–Crippen LogP) is 4.45. The number of aliphatic carboxylic acids is 1. The third kappa shape index (κ3) is 8.04. The molecule has 1 atom stereocenters. The molecule has 0 aliphatic carbocycles. The highest BCUT2D eigenvalue weighted by Crippen LogP contribution is 2.21. The highest BCUT2D eigenvalue weighted by molar-refractivity contribution is 5.94. The van der Waals surface area contributed by atoms with Crippen LogP contribution in [0.3, 0.4) is 0 Å². The number of alkyl halides is 3. The van der Waals surface area contributed by atoms with Crippen molar-refractivity contribution in [3.05, 3.63) is 95.3 Å². The van der Waals surface area contributed by atoms with Gasteiger partial charge in [-0.15, -0.1) is 0 Å². The van der Waals surface area contributed by atoms with Gasteiger partial charge in [0.25, 0.3) is 5.91 Å². The van der Waals surface area contributed by atoms with E-state index < -0.39 is 12.1 Å². The minimum atomic E-state index is -5.08. The highest BCUT2D eigenvalue weighted by Gasteiger charge is 2.38. The van der Waals surface area contributed by atoms with Crippen LogP contribution in [0.15, 0.2) is 73.1 Å². The van der Waals surface area contributed by atoms with Crippen molar-refractivity contribution in [1.82, 2.24) is 15.2 Å². The molecule has 0 radical (unpaired) electrons. The van der Waals surface area contributed by atoms with Crippen LogP contribution in [0.1, 0.15) is 33.1 Å². The standard InChI is InChI=1S/C25H28N4O.C2HF3O2/c1-19-3-5-20(6-4-19)17-28(2)23-9-7-22(8-10-23)25(30)29-16-15-27-24(18-29)21-11-13-26-14-12-21;3-2(4,5)1(6)7/h3-14,24,27H,15-18H2,1-2H3;(H,6,7). The molecule has 1 aromatic heterocycles. The second-order valence-electron chi connectivity index (χ2n) is 8.73. The summed E-state index contributed by atoms with van der Waals surface area (Å²) in [4.78, 5) is 30.2. The third-order valence-electron chi connectivity index (χ3n) is 5.91. The van der Waals surface area contributed by atoms with Crippen molar-refractivity contribution in [2.24, 2.45) is 0 Å². The van der Waals surface area contributed by atoms with Crippen LogP contribution in [0.2, 0.25) is 0 Å². The predicted molar refractivity (Wildman–Crippen MR) is 134 cm³/mol. The van der Waals surface area contributed by atoms with E-state index in [0.717, 1.165) is 36.4 Å². The number of carbonyl (C=O) groups excluding carboxylic acids is 1. The zero-order chi connectivity index (χ0) is 27.0. The lowest BCUT2D eigenvalue weighted by Gasteiger charge is -2.34. The number of carboxylic acids is 1. The summed E-state index contributed by atoms with van der Waals surface area (Å²) in [5.41, 5.74) is 5.53.